The van der Waals surface area contributed by atoms with Gasteiger partial charge in [-0.3, -0.25) is 0 Å². The van der Waals surface area contributed by atoms with Gasteiger partial charge in [-0.15, -0.1) is 0 Å². The fraction of sp³-hybridized carbons (Fsp3) is 0.524. The minimum absolute atomic E-state index is 0.358. The Morgan fingerprint density at radius 3 is 2.50 bits per heavy atom. The summed E-state index contributed by atoms with van der Waals surface area (Å²) >= 11 is 0. The van der Waals surface area contributed by atoms with Crippen LogP contribution in [0.15, 0.2) is 60.3 Å². The van der Waals surface area contributed by atoms with E-state index in [-0.39, 0.29) is 0 Å². The van der Waals surface area contributed by atoms with E-state index in [4.69, 9.17) is 4.74 Å². The molecule has 0 aromatic rings. The van der Waals surface area contributed by atoms with Gasteiger partial charge in [0.15, 0.2) is 0 Å². The van der Waals surface area contributed by atoms with Crippen LogP contribution >= 0.6 is 0 Å². The van der Waals surface area contributed by atoms with Crippen LogP contribution in [0.4, 0.5) is 0 Å². The second-order valence-electron chi connectivity index (χ2n) is 5.80. The van der Waals surface area contributed by atoms with E-state index < -0.39 is 0 Å². The molecule has 0 radical (unpaired) electrons. The predicted octanol–water partition coefficient (Wildman–Crippen LogP) is 6.55. The molecule has 0 saturated carbocycles. The van der Waals surface area contributed by atoms with Crippen LogP contribution in [-0.2, 0) is 4.74 Å². The van der Waals surface area contributed by atoms with E-state index in [2.05, 4.69) is 58.2 Å². The third-order valence-electron chi connectivity index (χ3n) is 3.61. The Labute approximate surface area is 138 Å². The third kappa shape index (κ3) is 11.3. The van der Waals surface area contributed by atoms with Gasteiger partial charge in [-0.2, -0.15) is 0 Å². The molecular weight excluding hydrogens is 268 g/mol. The summed E-state index contributed by atoms with van der Waals surface area (Å²) in [6, 6.07) is 0. The molecule has 0 aromatic carbocycles. The molecule has 0 rings (SSSR count). The molecule has 0 aliphatic carbocycles. The minimum atomic E-state index is 0.358. The number of allylic oxidation sites excluding steroid dienone is 8. The summed E-state index contributed by atoms with van der Waals surface area (Å²) in [5, 5.41) is 0. The van der Waals surface area contributed by atoms with E-state index >= 15 is 0 Å². The molecule has 1 unspecified atom stereocenters. The Bertz CT molecular complexity index is 410. The van der Waals surface area contributed by atoms with Crippen molar-refractivity contribution in [2.45, 2.75) is 65.9 Å². The van der Waals surface area contributed by atoms with E-state index in [9.17, 15) is 0 Å². The molecule has 0 spiro atoms. The standard InChI is InChI=1S/C21H34O/c1-7-10-12-19(5)15-16-21(22-9-3)14-11-13-20(6)17-18(4)8-2/h7-8,10,12,17,21H,2,6,9,11,13-16H2,1,3-5H3. The molecule has 0 heterocycles. The molecule has 0 aromatic heterocycles. The summed E-state index contributed by atoms with van der Waals surface area (Å²) in [5.74, 6) is 0. The molecule has 124 valence electrons. The van der Waals surface area contributed by atoms with Gasteiger partial charge < -0.3 is 4.74 Å². The summed E-state index contributed by atoms with van der Waals surface area (Å²) < 4.78 is 5.87. The molecule has 0 fully saturated rings. The van der Waals surface area contributed by atoms with Gasteiger partial charge in [0.1, 0.15) is 0 Å². The van der Waals surface area contributed by atoms with Crippen LogP contribution in [0, 0.1) is 0 Å². The molecule has 0 aliphatic heterocycles. The lowest BCUT2D eigenvalue weighted by Crippen LogP contribution is -2.13. The van der Waals surface area contributed by atoms with E-state index in [0.29, 0.717) is 6.10 Å². The van der Waals surface area contributed by atoms with Gasteiger partial charge in [0.25, 0.3) is 0 Å². The number of rotatable bonds is 12. The van der Waals surface area contributed by atoms with Gasteiger partial charge in [0.2, 0.25) is 0 Å². The average molecular weight is 303 g/mol. The van der Waals surface area contributed by atoms with Crippen LogP contribution in [0.3, 0.4) is 0 Å². The summed E-state index contributed by atoms with van der Waals surface area (Å²) in [4.78, 5) is 0. The quantitative estimate of drug-likeness (QED) is 0.371. The maximum absolute atomic E-state index is 5.87. The van der Waals surface area contributed by atoms with Gasteiger partial charge in [-0.05, 0) is 59.8 Å². The number of ether oxygens (including phenoxy) is 1. The van der Waals surface area contributed by atoms with Crippen LogP contribution in [0.5, 0.6) is 0 Å². The Morgan fingerprint density at radius 2 is 1.91 bits per heavy atom. The van der Waals surface area contributed by atoms with Gasteiger partial charge in [0, 0.05) is 6.61 Å². The highest BCUT2D eigenvalue weighted by molar-refractivity contribution is 5.25. The van der Waals surface area contributed by atoms with Crippen molar-refractivity contribution in [3.8, 4) is 0 Å². The SMILES string of the molecule is C=CC(C)=CC(=C)CCCC(CCC(C)=CC=CC)OCC. The molecular formula is C21H34O. The van der Waals surface area contributed by atoms with E-state index in [1.54, 1.807) is 0 Å². The molecule has 22 heavy (non-hydrogen) atoms. The molecule has 1 atom stereocenters. The summed E-state index contributed by atoms with van der Waals surface area (Å²) in [6.45, 7) is 17.0. The summed E-state index contributed by atoms with van der Waals surface area (Å²) in [5.41, 5.74) is 3.77. The van der Waals surface area contributed by atoms with Crippen LogP contribution in [0.2, 0.25) is 0 Å². The van der Waals surface area contributed by atoms with Crippen molar-refractivity contribution < 1.29 is 4.74 Å². The molecule has 1 heteroatoms. The lowest BCUT2D eigenvalue weighted by Gasteiger charge is -2.17. The second-order valence-corrected chi connectivity index (χ2v) is 5.80. The van der Waals surface area contributed by atoms with E-state index in [1.165, 1.54) is 16.7 Å². The highest BCUT2D eigenvalue weighted by atomic mass is 16.5. The maximum Gasteiger partial charge on any atom is 0.0578 e. The molecule has 0 bridgehead atoms. The number of hydrogen-bond acceptors (Lipinski definition) is 1. The molecule has 0 saturated heterocycles. The Kier molecular flexibility index (Phi) is 12.5. The van der Waals surface area contributed by atoms with Gasteiger partial charge in [-0.1, -0.05) is 60.3 Å². The lowest BCUT2D eigenvalue weighted by atomic mass is 10.0. The minimum Gasteiger partial charge on any atom is -0.378 e. The smallest absolute Gasteiger partial charge is 0.0578 e. The first-order valence-corrected chi connectivity index (χ1v) is 8.42. The zero-order chi connectivity index (χ0) is 16.8. The normalized spacial score (nSPS) is 14.4. The number of hydrogen-bond donors (Lipinski definition) is 0. The van der Waals surface area contributed by atoms with Crippen molar-refractivity contribution in [1.29, 1.82) is 0 Å². The average Bonchev–Trinajstić information content (AvgIpc) is 2.50. The lowest BCUT2D eigenvalue weighted by molar-refractivity contribution is 0.0497. The zero-order valence-corrected chi connectivity index (χ0v) is 15.0. The van der Waals surface area contributed by atoms with Crippen LogP contribution in [-0.4, -0.2) is 12.7 Å². The van der Waals surface area contributed by atoms with Gasteiger partial charge >= 0.3 is 0 Å². The van der Waals surface area contributed by atoms with Crippen LogP contribution in [0.1, 0.15) is 59.8 Å². The molecule has 1 nitrogen and oxygen atoms in total. The van der Waals surface area contributed by atoms with Crippen molar-refractivity contribution in [2.24, 2.45) is 0 Å². The monoisotopic (exact) mass is 302 g/mol. The largest absolute Gasteiger partial charge is 0.378 e. The zero-order valence-electron chi connectivity index (χ0n) is 15.0. The van der Waals surface area contributed by atoms with Gasteiger partial charge in [-0.25, -0.2) is 0 Å². The van der Waals surface area contributed by atoms with Crippen molar-refractivity contribution in [3.05, 3.63) is 60.3 Å². The van der Waals surface area contributed by atoms with Crippen molar-refractivity contribution in [1.82, 2.24) is 0 Å². The van der Waals surface area contributed by atoms with Crippen molar-refractivity contribution in [3.63, 3.8) is 0 Å². The van der Waals surface area contributed by atoms with Gasteiger partial charge in [0.05, 0.1) is 6.10 Å². The first kappa shape index (κ1) is 20.7. The fourth-order valence-corrected chi connectivity index (χ4v) is 2.29. The first-order chi connectivity index (χ1) is 10.5. The van der Waals surface area contributed by atoms with Crippen molar-refractivity contribution >= 4 is 0 Å². The van der Waals surface area contributed by atoms with Crippen LogP contribution < -0.4 is 0 Å². The highest BCUT2D eigenvalue weighted by Gasteiger charge is 2.08. The summed E-state index contributed by atoms with van der Waals surface area (Å²) in [6.07, 6.45) is 16.2. The van der Waals surface area contributed by atoms with Crippen molar-refractivity contribution in [2.75, 3.05) is 6.61 Å². The Hall–Kier alpha value is -1.34. The topological polar surface area (TPSA) is 9.23 Å². The molecule has 0 aliphatic rings. The maximum atomic E-state index is 5.87. The van der Waals surface area contributed by atoms with Crippen LogP contribution in [0.25, 0.3) is 0 Å². The molecule has 0 amide bonds. The third-order valence-corrected chi connectivity index (χ3v) is 3.61. The van der Waals surface area contributed by atoms with E-state index in [0.717, 1.165) is 38.7 Å². The highest BCUT2D eigenvalue weighted by Crippen LogP contribution is 2.17. The first-order valence-electron chi connectivity index (χ1n) is 8.42. The predicted molar refractivity (Wildman–Crippen MR) is 100 cm³/mol. The second kappa shape index (κ2) is 13.3. The summed E-state index contributed by atoms with van der Waals surface area (Å²) in [7, 11) is 0. The Balaban J connectivity index is 4.19. The van der Waals surface area contributed by atoms with E-state index in [1.807, 2.05) is 13.0 Å². The molecule has 0 N–H and O–H groups in total. The Morgan fingerprint density at radius 1 is 1.18 bits per heavy atom. The fourth-order valence-electron chi connectivity index (χ4n) is 2.29.